The topological polar surface area (TPSA) is 110 Å². The van der Waals surface area contributed by atoms with E-state index in [1.165, 1.54) is 0 Å². The molecule has 1 aromatic rings. The van der Waals surface area contributed by atoms with Crippen LogP contribution in [-0.2, 0) is 11.3 Å². The number of carboxylic acids is 1. The van der Waals surface area contributed by atoms with Crippen LogP contribution >= 0.6 is 0 Å². The Hall–Kier alpha value is -2.12. The number of hydrogen-bond acceptors (Lipinski definition) is 5. The van der Waals surface area contributed by atoms with Gasteiger partial charge in [0, 0.05) is 13.5 Å². The highest BCUT2D eigenvalue weighted by Gasteiger charge is 2.28. The maximum Gasteiger partial charge on any atom is 0.406 e. The second-order valence-electron chi connectivity index (χ2n) is 4.51. The normalized spacial score (nSPS) is 12.2. The number of unbranched alkanes of at least 4 members (excludes halogenated alkanes) is 1. The summed E-state index contributed by atoms with van der Waals surface area (Å²) in [6, 6.07) is -0.852. The van der Waals surface area contributed by atoms with E-state index in [1.807, 2.05) is 13.8 Å². The highest BCUT2D eigenvalue weighted by molar-refractivity contribution is 5.77. The van der Waals surface area contributed by atoms with Gasteiger partial charge in [0.1, 0.15) is 6.04 Å². The lowest BCUT2D eigenvalue weighted by Crippen LogP contribution is -2.30. The Morgan fingerprint density at radius 3 is 2.65 bits per heavy atom. The molecule has 0 fully saturated rings. The number of rotatable bonds is 8. The summed E-state index contributed by atoms with van der Waals surface area (Å²) in [7, 11) is 0. The van der Waals surface area contributed by atoms with Crippen molar-refractivity contribution in [1.82, 2.24) is 9.55 Å². The quantitative estimate of drug-likeness (QED) is 0.559. The molecule has 8 heteroatoms. The molecule has 20 heavy (non-hydrogen) atoms. The van der Waals surface area contributed by atoms with Crippen molar-refractivity contribution in [2.45, 2.75) is 52.6 Å². The largest absolute Gasteiger partial charge is 0.480 e. The summed E-state index contributed by atoms with van der Waals surface area (Å²) in [5.74, 6) is -0.693. The molecule has 1 unspecified atom stereocenters. The third-order valence-corrected chi connectivity index (χ3v) is 3.08. The number of nitro groups is 1. The van der Waals surface area contributed by atoms with Crippen LogP contribution in [0.15, 0.2) is 0 Å². The average Bonchev–Trinajstić information content (AvgIpc) is 2.70. The van der Waals surface area contributed by atoms with Crippen LogP contribution in [0.3, 0.4) is 0 Å². The van der Waals surface area contributed by atoms with Crippen molar-refractivity contribution in [1.29, 1.82) is 0 Å². The summed E-state index contributed by atoms with van der Waals surface area (Å²) < 4.78 is 1.61. The number of aromatic nitrogens is 2. The molecule has 0 saturated carbocycles. The lowest BCUT2D eigenvalue weighted by molar-refractivity contribution is -0.388. The first-order chi connectivity index (χ1) is 9.42. The van der Waals surface area contributed by atoms with Crippen LogP contribution < -0.4 is 5.32 Å². The zero-order chi connectivity index (χ0) is 15.3. The number of anilines is 1. The summed E-state index contributed by atoms with van der Waals surface area (Å²) in [5, 5.41) is 23.0. The molecule has 0 radical (unpaired) electrons. The van der Waals surface area contributed by atoms with Crippen molar-refractivity contribution in [3.05, 3.63) is 15.9 Å². The number of aliphatic carboxylic acids is 1. The highest BCUT2D eigenvalue weighted by atomic mass is 16.6. The average molecular weight is 284 g/mol. The molecule has 1 rings (SSSR count). The van der Waals surface area contributed by atoms with Gasteiger partial charge in [0.2, 0.25) is 11.6 Å². The summed E-state index contributed by atoms with van der Waals surface area (Å²) in [4.78, 5) is 25.5. The van der Waals surface area contributed by atoms with Gasteiger partial charge in [0.15, 0.2) is 0 Å². The molecule has 0 spiro atoms. The van der Waals surface area contributed by atoms with Crippen LogP contribution in [0, 0.1) is 17.0 Å². The van der Waals surface area contributed by atoms with Gasteiger partial charge >= 0.3 is 11.8 Å². The maximum atomic E-state index is 11.2. The molecule has 0 aliphatic carbocycles. The summed E-state index contributed by atoms with van der Waals surface area (Å²) in [5.41, 5.74) is 0. The molecule has 0 aliphatic rings. The lowest BCUT2D eigenvalue weighted by Gasteiger charge is -2.15. The van der Waals surface area contributed by atoms with Gasteiger partial charge < -0.3 is 20.5 Å². The SMILES string of the molecule is CCCCC(Nc1c([N+](=O)[O-])nc(C)n1CC)C(=O)O. The minimum atomic E-state index is -1.02. The predicted molar refractivity (Wildman–Crippen MR) is 73.9 cm³/mol. The van der Waals surface area contributed by atoms with Crippen LogP contribution in [0.5, 0.6) is 0 Å². The highest BCUT2D eigenvalue weighted by Crippen LogP contribution is 2.26. The first-order valence-electron chi connectivity index (χ1n) is 6.63. The molecule has 0 aliphatic heterocycles. The van der Waals surface area contributed by atoms with Crippen LogP contribution in [-0.4, -0.2) is 31.6 Å². The smallest absolute Gasteiger partial charge is 0.406 e. The fourth-order valence-corrected chi connectivity index (χ4v) is 2.04. The zero-order valence-corrected chi connectivity index (χ0v) is 11.9. The number of aryl methyl sites for hydroxylation is 1. The molecule has 2 N–H and O–H groups in total. The summed E-state index contributed by atoms with van der Waals surface area (Å²) in [6.07, 6.45) is 2.01. The van der Waals surface area contributed by atoms with E-state index in [-0.39, 0.29) is 11.6 Å². The van der Waals surface area contributed by atoms with Gasteiger partial charge in [-0.1, -0.05) is 19.8 Å². The molecule has 0 amide bonds. The molecule has 112 valence electrons. The minimum absolute atomic E-state index is 0.165. The third-order valence-electron chi connectivity index (χ3n) is 3.08. The van der Waals surface area contributed by atoms with Crippen molar-refractivity contribution in [3.8, 4) is 0 Å². The molecular formula is C12H20N4O4. The second kappa shape index (κ2) is 6.88. The molecule has 1 aromatic heterocycles. The Bertz CT molecular complexity index is 498. The van der Waals surface area contributed by atoms with Crippen LogP contribution in [0.25, 0.3) is 0 Å². The van der Waals surface area contributed by atoms with E-state index in [9.17, 15) is 20.0 Å². The monoisotopic (exact) mass is 284 g/mol. The second-order valence-corrected chi connectivity index (χ2v) is 4.51. The van der Waals surface area contributed by atoms with E-state index in [0.29, 0.717) is 18.8 Å². The van der Waals surface area contributed by atoms with Gasteiger partial charge in [-0.25, -0.2) is 4.79 Å². The standard InChI is InChI=1S/C12H20N4O4/c1-4-6-7-9(12(17)18)14-10-11(16(19)20)13-8(3)15(10)5-2/h9,14H,4-7H2,1-3H3,(H,17,18). The number of nitrogens with one attached hydrogen (secondary N) is 1. The Morgan fingerprint density at radius 1 is 1.55 bits per heavy atom. The summed E-state index contributed by atoms with van der Waals surface area (Å²) >= 11 is 0. The predicted octanol–water partition coefficient (Wildman–Crippen LogP) is 2.17. The first kappa shape index (κ1) is 15.9. The molecule has 0 saturated heterocycles. The molecular weight excluding hydrogens is 264 g/mol. The first-order valence-corrected chi connectivity index (χ1v) is 6.63. The van der Waals surface area contributed by atoms with Crippen molar-refractivity contribution in [2.24, 2.45) is 0 Å². The van der Waals surface area contributed by atoms with Gasteiger partial charge in [-0.15, -0.1) is 0 Å². The fourth-order valence-electron chi connectivity index (χ4n) is 2.04. The number of hydrogen-bond donors (Lipinski definition) is 2. The van der Waals surface area contributed by atoms with Crippen molar-refractivity contribution in [3.63, 3.8) is 0 Å². The van der Waals surface area contributed by atoms with Crippen molar-refractivity contribution >= 4 is 17.6 Å². The molecule has 8 nitrogen and oxygen atoms in total. The van der Waals surface area contributed by atoms with E-state index in [0.717, 1.165) is 12.8 Å². The maximum absolute atomic E-state index is 11.2. The minimum Gasteiger partial charge on any atom is -0.480 e. The Labute approximate surface area is 117 Å². The van der Waals surface area contributed by atoms with Gasteiger partial charge in [-0.2, -0.15) is 0 Å². The number of imidazole rings is 1. The van der Waals surface area contributed by atoms with Gasteiger partial charge in [-0.05, 0) is 23.3 Å². The van der Waals surface area contributed by atoms with Crippen LogP contribution in [0.2, 0.25) is 0 Å². The van der Waals surface area contributed by atoms with Crippen molar-refractivity contribution in [2.75, 3.05) is 5.32 Å². The zero-order valence-electron chi connectivity index (χ0n) is 11.9. The molecule has 0 bridgehead atoms. The number of carbonyl (C=O) groups is 1. The van der Waals surface area contributed by atoms with E-state index in [1.54, 1.807) is 11.5 Å². The van der Waals surface area contributed by atoms with Gasteiger partial charge in [-0.3, -0.25) is 4.57 Å². The van der Waals surface area contributed by atoms with Gasteiger partial charge in [0.25, 0.3) is 0 Å². The Kier molecular flexibility index (Phi) is 5.48. The fraction of sp³-hybridized carbons (Fsp3) is 0.667. The number of carboxylic acid groups (broad SMARTS) is 1. The lowest BCUT2D eigenvalue weighted by atomic mass is 10.1. The Morgan fingerprint density at radius 2 is 2.20 bits per heavy atom. The van der Waals surface area contributed by atoms with Crippen molar-refractivity contribution < 1.29 is 14.8 Å². The van der Waals surface area contributed by atoms with E-state index >= 15 is 0 Å². The van der Waals surface area contributed by atoms with Crippen LogP contribution in [0.4, 0.5) is 11.6 Å². The molecule has 1 heterocycles. The number of nitrogens with zero attached hydrogens (tertiary/aromatic N) is 3. The molecule has 0 aromatic carbocycles. The Balaban J connectivity index is 3.09. The van der Waals surface area contributed by atoms with E-state index in [2.05, 4.69) is 10.3 Å². The molecule has 1 atom stereocenters. The summed E-state index contributed by atoms with van der Waals surface area (Å²) in [6.45, 7) is 5.92. The van der Waals surface area contributed by atoms with Gasteiger partial charge in [0.05, 0.1) is 0 Å². The third kappa shape index (κ3) is 3.46. The van der Waals surface area contributed by atoms with E-state index in [4.69, 9.17) is 0 Å². The van der Waals surface area contributed by atoms with Crippen LogP contribution in [0.1, 0.15) is 38.9 Å². The van der Waals surface area contributed by atoms with E-state index < -0.39 is 16.9 Å².